The highest BCUT2D eigenvalue weighted by Gasteiger charge is 2.37. The van der Waals surface area contributed by atoms with Gasteiger partial charge in [-0.05, 0) is 75.5 Å². The van der Waals surface area contributed by atoms with Crippen LogP contribution in [0, 0.1) is 0 Å². The van der Waals surface area contributed by atoms with Gasteiger partial charge in [-0.25, -0.2) is 15.0 Å². The van der Waals surface area contributed by atoms with Gasteiger partial charge in [-0.3, -0.25) is 0 Å². The molecular formula is C49H40F6N4. The van der Waals surface area contributed by atoms with E-state index in [0.29, 0.717) is 22.9 Å². The molecule has 0 aliphatic carbocycles. The summed E-state index contributed by atoms with van der Waals surface area (Å²) in [6.45, 7) is 12.7. The van der Waals surface area contributed by atoms with Gasteiger partial charge in [0.05, 0.1) is 27.8 Å². The molecule has 298 valence electrons. The van der Waals surface area contributed by atoms with Gasteiger partial charge in [-0.2, -0.15) is 26.3 Å². The molecule has 6 aromatic carbocycles. The quantitative estimate of drug-likeness (QED) is 0.163. The van der Waals surface area contributed by atoms with Crippen molar-refractivity contribution in [3.8, 4) is 51.0 Å². The van der Waals surface area contributed by atoms with Crippen LogP contribution in [0.2, 0.25) is 0 Å². The normalized spacial score (nSPS) is 12.7. The zero-order valence-electron chi connectivity index (χ0n) is 33.3. The van der Waals surface area contributed by atoms with Gasteiger partial charge >= 0.3 is 12.4 Å². The number of aromatic nitrogens is 4. The van der Waals surface area contributed by atoms with Crippen LogP contribution in [0.5, 0.6) is 0 Å². The predicted octanol–water partition coefficient (Wildman–Crippen LogP) is 14.3. The Balaban J connectivity index is 1.52. The van der Waals surface area contributed by atoms with Crippen LogP contribution in [0.3, 0.4) is 0 Å². The molecule has 0 fully saturated rings. The Morgan fingerprint density at radius 2 is 0.831 bits per heavy atom. The van der Waals surface area contributed by atoms with Crippen molar-refractivity contribution in [1.29, 1.82) is 0 Å². The van der Waals surface area contributed by atoms with Crippen molar-refractivity contribution in [2.24, 2.45) is 0 Å². The van der Waals surface area contributed by atoms with Gasteiger partial charge in [0.2, 0.25) is 0 Å². The number of benzene rings is 6. The lowest BCUT2D eigenvalue weighted by atomic mass is 9.86. The molecule has 2 heterocycles. The monoisotopic (exact) mass is 798 g/mol. The smallest absolute Gasteiger partial charge is 0.308 e. The summed E-state index contributed by atoms with van der Waals surface area (Å²) >= 11 is 0. The van der Waals surface area contributed by atoms with Crippen molar-refractivity contribution in [2.75, 3.05) is 0 Å². The lowest BCUT2D eigenvalue weighted by Gasteiger charge is -2.21. The molecule has 0 aliphatic heterocycles. The van der Waals surface area contributed by atoms with E-state index in [0.717, 1.165) is 56.2 Å². The average Bonchev–Trinajstić information content (AvgIpc) is 3.52. The van der Waals surface area contributed by atoms with Gasteiger partial charge in [0.15, 0.2) is 17.5 Å². The van der Waals surface area contributed by atoms with Crippen molar-refractivity contribution in [1.82, 2.24) is 19.5 Å². The summed E-state index contributed by atoms with van der Waals surface area (Å²) in [4.78, 5) is 14.9. The first-order valence-electron chi connectivity index (χ1n) is 19.2. The fourth-order valence-corrected chi connectivity index (χ4v) is 7.35. The highest BCUT2D eigenvalue weighted by molar-refractivity contribution is 6.10. The highest BCUT2D eigenvalue weighted by Crippen LogP contribution is 2.43. The third kappa shape index (κ3) is 7.71. The molecule has 59 heavy (non-hydrogen) atoms. The summed E-state index contributed by atoms with van der Waals surface area (Å²) in [6.07, 6.45) is -10.0. The first kappa shape index (κ1) is 39.5. The Bertz CT molecular complexity index is 2700. The first-order valence-corrected chi connectivity index (χ1v) is 19.2. The lowest BCUT2D eigenvalue weighted by Crippen LogP contribution is -2.12. The molecule has 0 amide bonds. The maximum atomic E-state index is 14.2. The summed E-state index contributed by atoms with van der Waals surface area (Å²) in [5.41, 5.74) is 2.71. The molecule has 0 bridgehead atoms. The van der Waals surface area contributed by atoms with Crippen LogP contribution in [0.4, 0.5) is 26.3 Å². The summed E-state index contributed by atoms with van der Waals surface area (Å²) in [7, 11) is 0. The number of rotatable bonds is 5. The van der Waals surface area contributed by atoms with E-state index >= 15 is 0 Å². The number of alkyl halides is 6. The predicted molar refractivity (Wildman–Crippen MR) is 223 cm³/mol. The fourth-order valence-electron chi connectivity index (χ4n) is 7.35. The Kier molecular flexibility index (Phi) is 9.53. The van der Waals surface area contributed by atoms with Gasteiger partial charge in [-0.1, -0.05) is 133 Å². The minimum atomic E-state index is -5.02. The van der Waals surface area contributed by atoms with Crippen molar-refractivity contribution >= 4 is 21.8 Å². The molecule has 8 rings (SSSR count). The van der Waals surface area contributed by atoms with Gasteiger partial charge in [0, 0.05) is 27.5 Å². The van der Waals surface area contributed by atoms with Crippen LogP contribution >= 0.6 is 0 Å². The molecule has 2 aromatic heterocycles. The Labute approximate surface area is 338 Å². The van der Waals surface area contributed by atoms with Gasteiger partial charge in [-0.15, -0.1) is 0 Å². The van der Waals surface area contributed by atoms with E-state index in [4.69, 9.17) is 15.0 Å². The Hall–Kier alpha value is -6.29. The minimum Gasteiger partial charge on any atom is -0.308 e. The molecule has 8 aromatic rings. The topological polar surface area (TPSA) is 43.6 Å². The van der Waals surface area contributed by atoms with Crippen LogP contribution < -0.4 is 0 Å². The summed E-state index contributed by atoms with van der Waals surface area (Å²) in [6, 6.07) is 37.9. The molecule has 0 atom stereocenters. The zero-order valence-corrected chi connectivity index (χ0v) is 33.3. The van der Waals surface area contributed by atoms with E-state index in [9.17, 15) is 26.3 Å². The lowest BCUT2D eigenvalue weighted by molar-refractivity contribution is -0.143. The van der Waals surface area contributed by atoms with Gasteiger partial charge < -0.3 is 4.57 Å². The van der Waals surface area contributed by atoms with Gasteiger partial charge in [0.25, 0.3) is 0 Å². The van der Waals surface area contributed by atoms with Crippen LogP contribution in [-0.4, -0.2) is 19.5 Å². The van der Waals surface area contributed by atoms with E-state index in [1.165, 1.54) is 6.07 Å². The largest absolute Gasteiger partial charge is 0.416 e. The molecule has 0 N–H and O–H groups in total. The molecule has 10 heteroatoms. The number of nitrogens with zero attached hydrogens (tertiary/aromatic N) is 4. The molecule has 0 unspecified atom stereocenters. The summed E-state index contributed by atoms with van der Waals surface area (Å²) < 4.78 is 87.4. The molecule has 0 aliphatic rings. The fraction of sp³-hybridized carbons (Fsp3) is 0.204. The molecule has 4 nitrogen and oxygen atoms in total. The van der Waals surface area contributed by atoms with E-state index in [-0.39, 0.29) is 33.8 Å². The van der Waals surface area contributed by atoms with E-state index < -0.39 is 23.5 Å². The number of hydrogen-bond acceptors (Lipinski definition) is 3. The molecule has 0 saturated heterocycles. The molecule has 0 radical (unpaired) electrons. The highest BCUT2D eigenvalue weighted by atomic mass is 19.4. The molecule has 0 saturated carbocycles. The van der Waals surface area contributed by atoms with Crippen molar-refractivity contribution in [3.63, 3.8) is 0 Å². The number of fused-ring (bicyclic) bond motifs is 3. The SMILES string of the molecule is CC(C)(C)c1ccc2c3ccc(C(C)(C)C)cc3n(-c3cc(-c4cc(C(F)(F)F)cc(C(F)(F)F)c4)ccc3-c3nc(-c4ccccc4)nc(-c4ccccc4)n3)c2c1. The van der Waals surface area contributed by atoms with E-state index in [2.05, 4.69) is 77.9 Å². The zero-order chi connectivity index (χ0) is 42.1. The standard InChI is InChI=1S/C49H40F6N4/c1-46(2,3)33-18-21-37-38-22-19-34(47(4,5)6)28-42(38)59(41(37)27-33)40-25-31(32-23-35(48(50,51)52)26-36(24-32)49(53,54)55)17-20-39(40)45-57-43(29-13-9-7-10-14-29)56-44(58-45)30-15-11-8-12-16-30/h7-28H,1-6H3. The van der Waals surface area contributed by atoms with Crippen molar-refractivity contribution in [2.45, 2.75) is 64.7 Å². The van der Waals surface area contributed by atoms with E-state index in [1.54, 1.807) is 12.1 Å². The second-order valence-electron chi connectivity index (χ2n) is 16.9. The maximum absolute atomic E-state index is 14.2. The van der Waals surface area contributed by atoms with Crippen molar-refractivity contribution in [3.05, 3.63) is 156 Å². The van der Waals surface area contributed by atoms with Crippen LogP contribution in [0.25, 0.3) is 72.8 Å². The number of hydrogen-bond donors (Lipinski definition) is 0. The third-order valence-electron chi connectivity index (χ3n) is 10.6. The summed E-state index contributed by atoms with van der Waals surface area (Å²) in [5.74, 6) is 1.06. The number of halogens is 6. The maximum Gasteiger partial charge on any atom is 0.416 e. The van der Waals surface area contributed by atoms with E-state index in [1.807, 2.05) is 65.2 Å². The second-order valence-corrected chi connectivity index (χ2v) is 16.9. The summed E-state index contributed by atoms with van der Waals surface area (Å²) in [5, 5.41) is 1.85. The molecule has 0 spiro atoms. The van der Waals surface area contributed by atoms with Crippen LogP contribution in [0.1, 0.15) is 63.8 Å². The van der Waals surface area contributed by atoms with Crippen LogP contribution in [-0.2, 0) is 23.2 Å². The van der Waals surface area contributed by atoms with Crippen LogP contribution in [0.15, 0.2) is 133 Å². The Morgan fingerprint density at radius 3 is 1.25 bits per heavy atom. The Morgan fingerprint density at radius 1 is 0.390 bits per heavy atom. The second kappa shape index (κ2) is 14.2. The third-order valence-corrected chi connectivity index (χ3v) is 10.6. The van der Waals surface area contributed by atoms with Gasteiger partial charge in [0.1, 0.15) is 0 Å². The first-order chi connectivity index (χ1) is 27.8. The minimum absolute atomic E-state index is 0.148. The average molecular weight is 799 g/mol. The van der Waals surface area contributed by atoms with Crippen molar-refractivity contribution < 1.29 is 26.3 Å². The molecular weight excluding hydrogens is 759 g/mol.